The summed E-state index contributed by atoms with van der Waals surface area (Å²) in [5, 5.41) is 4.23. The van der Waals surface area contributed by atoms with Crippen LogP contribution in [0.3, 0.4) is 0 Å². The van der Waals surface area contributed by atoms with Gasteiger partial charge in [-0.25, -0.2) is 0 Å². The molecule has 1 aliphatic heterocycles. The van der Waals surface area contributed by atoms with Crippen LogP contribution in [0.1, 0.15) is 22.1 Å². The Morgan fingerprint density at radius 3 is 3.06 bits per heavy atom. The molecule has 0 bridgehead atoms. The van der Waals surface area contributed by atoms with Gasteiger partial charge in [0.05, 0.1) is 15.3 Å². The molecule has 0 aromatic carbocycles. The van der Waals surface area contributed by atoms with Crippen LogP contribution in [-0.2, 0) is 0 Å². The SMILES string of the molecule is O=C(c1ccc(Cl)s1)N1CCC(n2cccn2)C1. The Kier molecular flexibility index (Phi) is 3.09. The maximum absolute atomic E-state index is 12.2. The van der Waals surface area contributed by atoms with Crippen LogP contribution in [0.4, 0.5) is 0 Å². The van der Waals surface area contributed by atoms with Gasteiger partial charge in [-0.15, -0.1) is 11.3 Å². The van der Waals surface area contributed by atoms with E-state index in [-0.39, 0.29) is 5.91 Å². The smallest absolute Gasteiger partial charge is 0.264 e. The highest BCUT2D eigenvalue weighted by molar-refractivity contribution is 7.17. The summed E-state index contributed by atoms with van der Waals surface area (Å²) in [7, 11) is 0. The van der Waals surface area contributed by atoms with Gasteiger partial charge in [0, 0.05) is 25.5 Å². The van der Waals surface area contributed by atoms with Crippen molar-refractivity contribution < 1.29 is 4.79 Å². The average molecular weight is 282 g/mol. The summed E-state index contributed by atoms with van der Waals surface area (Å²) in [6.45, 7) is 1.49. The highest BCUT2D eigenvalue weighted by Gasteiger charge is 2.28. The van der Waals surface area contributed by atoms with Crippen LogP contribution in [-0.4, -0.2) is 33.7 Å². The predicted molar refractivity (Wildman–Crippen MR) is 71.1 cm³/mol. The topological polar surface area (TPSA) is 38.1 Å². The van der Waals surface area contributed by atoms with E-state index >= 15 is 0 Å². The van der Waals surface area contributed by atoms with E-state index in [2.05, 4.69) is 5.10 Å². The molecule has 18 heavy (non-hydrogen) atoms. The lowest BCUT2D eigenvalue weighted by Gasteiger charge is -2.15. The molecule has 0 N–H and O–H groups in total. The maximum atomic E-state index is 12.2. The lowest BCUT2D eigenvalue weighted by Crippen LogP contribution is -2.28. The summed E-state index contributed by atoms with van der Waals surface area (Å²) in [6.07, 6.45) is 4.66. The van der Waals surface area contributed by atoms with Crippen LogP contribution in [0.2, 0.25) is 4.34 Å². The van der Waals surface area contributed by atoms with Crippen molar-refractivity contribution in [3.05, 3.63) is 39.8 Å². The van der Waals surface area contributed by atoms with Gasteiger partial charge in [-0.1, -0.05) is 11.6 Å². The molecule has 6 heteroatoms. The van der Waals surface area contributed by atoms with Crippen molar-refractivity contribution in [2.45, 2.75) is 12.5 Å². The van der Waals surface area contributed by atoms with Gasteiger partial charge in [-0.05, 0) is 24.6 Å². The molecule has 1 amide bonds. The molecular weight excluding hydrogens is 270 g/mol. The first kappa shape index (κ1) is 11.7. The number of hydrogen-bond donors (Lipinski definition) is 0. The van der Waals surface area contributed by atoms with Gasteiger partial charge in [0.15, 0.2) is 0 Å². The molecule has 0 aliphatic carbocycles. The molecule has 0 spiro atoms. The minimum absolute atomic E-state index is 0.0709. The van der Waals surface area contributed by atoms with Crippen molar-refractivity contribution in [2.24, 2.45) is 0 Å². The molecule has 4 nitrogen and oxygen atoms in total. The Hall–Kier alpha value is -1.33. The molecule has 1 fully saturated rings. The molecule has 94 valence electrons. The fourth-order valence-electron chi connectivity index (χ4n) is 2.22. The number of carbonyl (C=O) groups is 1. The summed E-state index contributed by atoms with van der Waals surface area (Å²) in [4.78, 5) is 14.8. The zero-order valence-electron chi connectivity index (χ0n) is 9.62. The van der Waals surface area contributed by atoms with Crippen LogP contribution < -0.4 is 0 Å². The molecule has 2 aromatic heterocycles. The second kappa shape index (κ2) is 4.74. The predicted octanol–water partition coefficient (Wildman–Crippen LogP) is 2.69. The fraction of sp³-hybridized carbons (Fsp3) is 0.333. The number of carbonyl (C=O) groups excluding carboxylic acids is 1. The third-order valence-corrected chi connectivity index (χ3v) is 4.35. The Bertz CT molecular complexity index is 551. The molecule has 3 rings (SSSR count). The van der Waals surface area contributed by atoms with Gasteiger partial charge in [-0.2, -0.15) is 5.10 Å². The monoisotopic (exact) mass is 281 g/mol. The second-order valence-corrected chi connectivity index (χ2v) is 6.00. The molecule has 1 aliphatic rings. The van der Waals surface area contributed by atoms with Crippen LogP contribution in [0.5, 0.6) is 0 Å². The number of hydrogen-bond acceptors (Lipinski definition) is 3. The van der Waals surface area contributed by atoms with Crippen molar-refractivity contribution in [3.63, 3.8) is 0 Å². The second-order valence-electron chi connectivity index (χ2n) is 4.28. The lowest BCUT2D eigenvalue weighted by molar-refractivity contribution is 0.0792. The third kappa shape index (κ3) is 2.15. The van der Waals surface area contributed by atoms with Gasteiger partial charge in [0.25, 0.3) is 5.91 Å². The van der Waals surface area contributed by atoms with Gasteiger partial charge < -0.3 is 4.90 Å². The minimum Gasteiger partial charge on any atom is -0.336 e. The minimum atomic E-state index is 0.0709. The number of rotatable bonds is 2. The largest absolute Gasteiger partial charge is 0.336 e. The zero-order valence-corrected chi connectivity index (χ0v) is 11.2. The van der Waals surface area contributed by atoms with Crippen molar-refractivity contribution in [1.82, 2.24) is 14.7 Å². The van der Waals surface area contributed by atoms with Crippen LogP contribution in [0.25, 0.3) is 0 Å². The van der Waals surface area contributed by atoms with Gasteiger partial charge in [0.2, 0.25) is 0 Å². The van der Waals surface area contributed by atoms with Crippen molar-refractivity contribution in [2.75, 3.05) is 13.1 Å². The van der Waals surface area contributed by atoms with Gasteiger partial charge >= 0.3 is 0 Å². The van der Waals surface area contributed by atoms with E-state index in [1.807, 2.05) is 21.8 Å². The lowest BCUT2D eigenvalue weighted by atomic mass is 10.3. The summed E-state index contributed by atoms with van der Waals surface area (Å²) < 4.78 is 2.58. The van der Waals surface area contributed by atoms with Crippen molar-refractivity contribution in [1.29, 1.82) is 0 Å². The van der Waals surface area contributed by atoms with E-state index in [1.165, 1.54) is 11.3 Å². The van der Waals surface area contributed by atoms with E-state index in [0.717, 1.165) is 19.5 Å². The number of likely N-dealkylation sites (tertiary alicyclic amines) is 1. The van der Waals surface area contributed by atoms with E-state index in [1.54, 1.807) is 18.3 Å². The van der Waals surface area contributed by atoms with Crippen molar-refractivity contribution >= 4 is 28.8 Å². The molecule has 0 radical (unpaired) electrons. The van der Waals surface area contributed by atoms with E-state index < -0.39 is 0 Å². The molecule has 2 aromatic rings. The van der Waals surface area contributed by atoms with Crippen LogP contribution in [0, 0.1) is 0 Å². The highest BCUT2D eigenvalue weighted by Crippen LogP contribution is 2.26. The Morgan fingerprint density at radius 1 is 1.50 bits per heavy atom. The normalized spacial score (nSPS) is 19.4. The summed E-state index contributed by atoms with van der Waals surface area (Å²) in [5.74, 6) is 0.0709. The molecule has 1 atom stereocenters. The number of amides is 1. The van der Waals surface area contributed by atoms with Crippen LogP contribution >= 0.6 is 22.9 Å². The van der Waals surface area contributed by atoms with Gasteiger partial charge in [-0.3, -0.25) is 9.48 Å². The highest BCUT2D eigenvalue weighted by atomic mass is 35.5. The first-order valence-electron chi connectivity index (χ1n) is 5.78. The van der Waals surface area contributed by atoms with Gasteiger partial charge in [0.1, 0.15) is 0 Å². The Morgan fingerprint density at radius 2 is 2.39 bits per heavy atom. The number of nitrogens with zero attached hydrogens (tertiary/aromatic N) is 3. The first-order valence-corrected chi connectivity index (χ1v) is 6.97. The van der Waals surface area contributed by atoms with Crippen molar-refractivity contribution in [3.8, 4) is 0 Å². The van der Waals surface area contributed by atoms with E-state index in [0.29, 0.717) is 15.3 Å². The molecule has 3 heterocycles. The fourth-order valence-corrected chi connectivity index (χ4v) is 3.23. The molecule has 1 saturated heterocycles. The summed E-state index contributed by atoms with van der Waals surface area (Å²) in [6, 6.07) is 5.75. The van der Waals surface area contributed by atoms with Crippen LogP contribution in [0.15, 0.2) is 30.6 Å². The summed E-state index contributed by atoms with van der Waals surface area (Å²) >= 11 is 7.19. The third-order valence-electron chi connectivity index (χ3n) is 3.13. The average Bonchev–Trinajstić information content (AvgIpc) is 3.09. The van der Waals surface area contributed by atoms with E-state index in [4.69, 9.17) is 11.6 Å². The quantitative estimate of drug-likeness (QED) is 0.849. The number of halogens is 1. The number of aromatic nitrogens is 2. The first-order chi connectivity index (χ1) is 8.74. The molecular formula is C12H12ClN3OS. The number of thiophene rings is 1. The molecule has 0 saturated carbocycles. The van der Waals surface area contributed by atoms with E-state index in [9.17, 15) is 4.79 Å². The Labute approximate surface area is 114 Å². The Balaban J connectivity index is 1.70. The molecule has 1 unspecified atom stereocenters. The summed E-state index contributed by atoms with van der Waals surface area (Å²) in [5.41, 5.74) is 0. The maximum Gasteiger partial charge on any atom is 0.264 e. The standard InChI is InChI=1S/C12H12ClN3OS/c13-11-3-2-10(18-11)12(17)15-7-4-9(8-15)16-6-1-5-14-16/h1-3,5-6,9H,4,7-8H2. The zero-order chi connectivity index (χ0) is 12.5.